The molecule has 0 atom stereocenters. The fourth-order valence-corrected chi connectivity index (χ4v) is 1.03. The molecule has 0 fully saturated rings. The van der Waals surface area contributed by atoms with Crippen molar-refractivity contribution in [1.29, 1.82) is 15.8 Å². The SMILES string of the molecule is N#CC(C#N)=C(C#N)Nc1cc(F)ccc1O. The highest BCUT2D eigenvalue weighted by Gasteiger charge is 2.09. The zero-order valence-electron chi connectivity index (χ0n) is 8.40. The van der Waals surface area contributed by atoms with Crippen LogP contribution >= 0.6 is 0 Å². The maximum Gasteiger partial charge on any atom is 0.163 e. The van der Waals surface area contributed by atoms with Gasteiger partial charge in [-0.05, 0) is 12.1 Å². The van der Waals surface area contributed by atoms with Crippen LogP contribution in [0.25, 0.3) is 0 Å². The summed E-state index contributed by atoms with van der Waals surface area (Å²) in [6, 6.07) is 7.68. The standard InChI is InChI=1S/C11H5FN4O/c12-8-1-2-11(17)9(3-8)16-10(6-15)7(4-13)5-14/h1-3,16-17H. The van der Waals surface area contributed by atoms with E-state index in [-0.39, 0.29) is 17.1 Å². The number of allylic oxidation sites excluding steroid dienone is 2. The summed E-state index contributed by atoms with van der Waals surface area (Å²) < 4.78 is 12.9. The van der Waals surface area contributed by atoms with Crippen molar-refractivity contribution in [1.82, 2.24) is 0 Å². The van der Waals surface area contributed by atoms with Crippen molar-refractivity contribution in [3.8, 4) is 24.0 Å². The van der Waals surface area contributed by atoms with Crippen molar-refractivity contribution in [2.45, 2.75) is 0 Å². The van der Waals surface area contributed by atoms with E-state index in [1.54, 1.807) is 6.07 Å². The topological polar surface area (TPSA) is 104 Å². The van der Waals surface area contributed by atoms with Crippen LogP contribution in [0.3, 0.4) is 0 Å². The van der Waals surface area contributed by atoms with E-state index in [4.69, 9.17) is 15.8 Å². The first kappa shape index (κ1) is 12.0. The molecule has 82 valence electrons. The number of rotatable bonds is 2. The Morgan fingerprint density at radius 2 is 1.82 bits per heavy atom. The summed E-state index contributed by atoms with van der Waals surface area (Å²) in [6.07, 6.45) is 0. The van der Waals surface area contributed by atoms with Gasteiger partial charge in [0.25, 0.3) is 0 Å². The number of halogens is 1. The number of aromatic hydroxyl groups is 1. The number of nitriles is 3. The summed E-state index contributed by atoms with van der Waals surface area (Å²) in [7, 11) is 0. The van der Waals surface area contributed by atoms with Crippen molar-refractivity contribution in [2.24, 2.45) is 0 Å². The van der Waals surface area contributed by atoms with Crippen molar-refractivity contribution in [3.63, 3.8) is 0 Å². The highest BCUT2D eigenvalue weighted by atomic mass is 19.1. The summed E-state index contributed by atoms with van der Waals surface area (Å²) in [5, 5.41) is 37.6. The van der Waals surface area contributed by atoms with Gasteiger partial charge in [-0.25, -0.2) is 4.39 Å². The smallest absolute Gasteiger partial charge is 0.163 e. The third-order valence-corrected chi connectivity index (χ3v) is 1.80. The molecule has 0 aliphatic heterocycles. The average molecular weight is 228 g/mol. The second kappa shape index (κ2) is 5.16. The molecule has 0 aliphatic carbocycles. The molecule has 0 heterocycles. The monoisotopic (exact) mass is 228 g/mol. The molecular formula is C11H5FN4O. The number of nitrogens with zero attached hydrogens (tertiary/aromatic N) is 3. The van der Waals surface area contributed by atoms with E-state index >= 15 is 0 Å². The van der Waals surface area contributed by atoms with E-state index in [0.29, 0.717) is 0 Å². The second-order valence-corrected chi connectivity index (χ2v) is 2.87. The molecule has 17 heavy (non-hydrogen) atoms. The average Bonchev–Trinajstić information content (AvgIpc) is 2.33. The molecule has 0 aromatic heterocycles. The fourth-order valence-electron chi connectivity index (χ4n) is 1.03. The molecule has 1 rings (SSSR count). The van der Waals surface area contributed by atoms with Gasteiger partial charge in [0, 0.05) is 6.07 Å². The largest absolute Gasteiger partial charge is 0.506 e. The lowest BCUT2D eigenvalue weighted by atomic mass is 10.2. The van der Waals surface area contributed by atoms with Crippen LogP contribution in [0.15, 0.2) is 29.5 Å². The van der Waals surface area contributed by atoms with Crippen molar-refractivity contribution in [3.05, 3.63) is 35.3 Å². The first-order valence-electron chi connectivity index (χ1n) is 4.32. The lowest BCUT2D eigenvalue weighted by Gasteiger charge is -2.06. The lowest BCUT2D eigenvalue weighted by molar-refractivity contribution is 0.475. The highest BCUT2D eigenvalue weighted by Crippen LogP contribution is 2.25. The van der Waals surface area contributed by atoms with E-state index in [9.17, 15) is 9.50 Å². The summed E-state index contributed by atoms with van der Waals surface area (Å²) in [5.41, 5.74) is -0.892. The van der Waals surface area contributed by atoms with Crippen LogP contribution in [0.2, 0.25) is 0 Å². The normalized spacial score (nSPS) is 8.35. The third-order valence-electron chi connectivity index (χ3n) is 1.80. The van der Waals surface area contributed by atoms with Gasteiger partial charge < -0.3 is 10.4 Å². The molecule has 0 aliphatic rings. The Morgan fingerprint density at radius 3 is 2.35 bits per heavy atom. The molecule has 0 unspecified atom stereocenters. The zero-order valence-corrected chi connectivity index (χ0v) is 8.40. The van der Waals surface area contributed by atoms with E-state index in [2.05, 4.69) is 5.32 Å². The number of benzene rings is 1. The van der Waals surface area contributed by atoms with E-state index in [1.165, 1.54) is 12.1 Å². The summed E-state index contributed by atoms with van der Waals surface area (Å²) in [4.78, 5) is 0. The minimum absolute atomic E-state index is 0.0930. The van der Waals surface area contributed by atoms with Gasteiger partial charge in [0.05, 0.1) is 5.69 Å². The van der Waals surface area contributed by atoms with Crippen molar-refractivity contribution >= 4 is 5.69 Å². The number of phenols is 1. The van der Waals surface area contributed by atoms with E-state index < -0.39 is 11.4 Å². The molecule has 2 N–H and O–H groups in total. The predicted octanol–water partition coefficient (Wildman–Crippen LogP) is 1.77. The molecular weight excluding hydrogens is 223 g/mol. The van der Waals surface area contributed by atoms with Gasteiger partial charge in [0.2, 0.25) is 0 Å². The van der Waals surface area contributed by atoms with Crippen LogP contribution in [0.1, 0.15) is 0 Å². The van der Waals surface area contributed by atoms with Crippen LogP contribution in [-0.4, -0.2) is 5.11 Å². The summed E-state index contributed by atoms with van der Waals surface area (Å²) in [6.45, 7) is 0. The molecule has 0 saturated carbocycles. The molecule has 0 radical (unpaired) electrons. The Bertz CT molecular complexity index is 585. The number of phenolic OH excluding ortho intramolecular Hbond substituents is 1. The Kier molecular flexibility index (Phi) is 3.65. The maximum atomic E-state index is 12.9. The van der Waals surface area contributed by atoms with Gasteiger partial charge in [-0.2, -0.15) is 15.8 Å². The summed E-state index contributed by atoms with van der Waals surface area (Å²) in [5.74, 6) is -0.924. The highest BCUT2D eigenvalue weighted by molar-refractivity contribution is 5.63. The minimum Gasteiger partial charge on any atom is -0.506 e. The maximum absolute atomic E-state index is 12.9. The molecule has 0 bridgehead atoms. The molecule has 0 spiro atoms. The summed E-state index contributed by atoms with van der Waals surface area (Å²) >= 11 is 0. The van der Waals surface area contributed by atoms with Gasteiger partial charge in [-0.15, -0.1) is 0 Å². The first-order valence-corrected chi connectivity index (χ1v) is 4.32. The quantitative estimate of drug-likeness (QED) is 0.593. The van der Waals surface area contributed by atoms with Gasteiger partial charge in [0.15, 0.2) is 5.57 Å². The number of hydrogen-bond donors (Lipinski definition) is 2. The third kappa shape index (κ3) is 2.71. The molecule has 1 aromatic rings. The van der Waals surface area contributed by atoms with Gasteiger partial charge in [-0.1, -0.05) is 0 Å². The van der Waals surface area contributed by atoms with Crippen LogP contribution in [0, 0.1) is 39.8 Å². The van der Waals surface area contributed by atoms with E-state index in [1.807, 2.05) is 0 Å². The lowest BCUT2D eigenvalue weighted by Crippen LogP contribution is -2.01. The molecule has 0 saturated heterocycles. The zero-order chi connectivity index (χ0) is 12.8. The first-order chi connectivity index (χ1) is 8.12. The molecule has 5 nitrogen and oxygen atoms in total. The van der Waals surface area contributed by atoms with Gasteiger partial charge in [-0.3, -0.25) is 0 Å². The molecule has 6 heteroatoms. The number of hydrogen-bond acceptors (Lipinski definition) is 5. The number of nitrogens with one attached hydrogen (secondary N) is 1. The predicted molar refractivity (Wildman–Crippen MR) is 55.6 cm³/mol. The number of anilines is 1. The van der Waals surface area contributed by atoms with Crippen LogP contribution in [0.4, 0.5) is 10.1 Å². The van der Waals surface area contributed by atoms with Crippen LogP contribution < -0.4 is 5.32 Å². The Balaban J connectivity index is 3.20. The van der Waals surface area contributed by atoms with E-state index in [0.717, 1.165) is 18.2 Å². The van der Waals surface area contributed by atoms with Crippen molar-refractivity contribution < 1.29 is 9.50 Å². The van der Waals surface area contributed by atoms with Gasteiger partial charge >= 0.3 is 0 Å². The van der Waals surface area contributed by atoms with Crippen LogP contribution in [0.5, 0.6) is 5.75 Å². The van der Waals surface area contributed by atoms with Gasteiger partial charge in [0.1, 0.15) is 35.5 Å². The fraction of sp³-hybridized carbons (Fsp3) is 0. The van der Waals surface area contributed by atoms with Crippen molar-refractivity contribution in [2.75, 3.05) is 5.32 Å². The molecule has 1 aromatic carbocycles. The van der Waals surface area contributed by atoms with Crippen LogP contribution in [-0.2, 0) is 0 Å². The Morgan fingerprint density at radius 1 is 1.18 bits per heavy atom. The Labute approximate surface area is 96.3 Å². The minimum atomic E-state index is -0.627. The Hall–Kier alpha value is -3.04. The molecule has 0 amide bonds. The second-order valence-electron chi connectivity index (χ2n) is 2.87.